The van der Waals surface area contributed by atoms with E-state index < -0.39 is 180 Å². The van der Waals surface area contributed by atoms with Gasteiger partial charge in [-0.3, -0.25) is 28.8 Å². The topological polar surface area (TPSA) is 241 Å². The van der Waals surface area contributed by atoms with Crippen molar-refractivity contribution in [2.24, 2.45) is 0 Å². The Labute approximate surface area is 448 Å². The number of hydrogen-bond acceptors (Lipinski definition) is 12. The van der Waals surface area contributed by atoms with Crippen LogP contribution in [0.3, 0.4) is 0 Å². The molecule has 0 saturated carbocycles. The summed E-state index contributed by atoms with van der Waals surface area (Å²) in [6, 6.07) is 0. The van der Waals surface area contributed by atoms with Crippen LogP contribution in [0, 0.1) is 0 Å². The Bertz CT molecular complexity index is 1820. The van der Waals surface area contributed by atoms with E-state index in [2.05, 4.69) is 0 Å². The van der Waals surface area contributed by atoms with E-state index >= 15 is 0 Å². The summed E-state index contributed by atoms with van der Waals surface area (Å²) in [5, 5.41) is 58.9. The molecule has 0 N–H and O–H groups in total. The van der Waals surface area contributed by atoms with Crippen molar-refractivity contribution in [3.63, 3.8) is 0 Å². The molecule has 0 atom stereocenters. The van der Waals surface area contributed by atoms with Crippen molar-refractivity contribution in [1.29, 1.82) is 0 Å². The van der Waals surface area contributed by atoms with E-state index in [-0.39, 0.29) is 52.4 Å². The Hall–Kier alpha value is -5.49. The third-order valence-corrected chi connectivity index (χ3v) is 4.93. The third kappa shape index (κ3) is 45.3. The molecular formula is C30H6Bi2F36O12. The van der Waals surface area contributed by atoms with Gasteiger partial charge < -0.3 is 30.6 Å². The Kier molecular flexibility index (Phi) is 37.3. The molecule has 0 rings (SSSR count). The van der Waals surface area contributed by atoms with E-state index in [4.69, 9.17) is 0 Å². The van der Waals surface area contributed by atoms with Gasteiger partial charge in [-0.05, 0) is 71.0 Å². The van der Waals surface area contributed by atoms with Gasteiger partial charge in [0.15, 0.2) is 0 Å². The normalized spacial score (nSPS) is 14.1. The molecule has 0 unspecified atom stereocenters. The summed E-state index contributed by atoms with van der Waals surface area (Å²) in [6.07, 6.45) is -71.7. The largest absolute Gasteiger partial charge is 3.00 e. The first-order valence-electron chi connectivity index (χ1n) is 15.7. The molecular weight excluding hydrogens is 1650 g/mol. The number of hydrogen-bond donors (Lipinski definition) is 0. The molecule has 0 heterocycles. The molecule has 0 aromatic heterocycles. The molecule has 0 bridgehead atoms. The molecule has 4 radical (unpaired) electrons. The van der Waals surface area contributed by atoms with Crippen molar-refractivity contribution in [3.05, 3.63) is 71.0 Å². The molecule has 0 aromatic rings. The summed E-state index contributed by atoms with van der Waals surface area (Å²) in [5.41, 5.74) is 0. The van der Waals surface area contributed by atoms with E-state index in [1.54, 1.807) is 0 Å². The fourth-order valence-corrected chi connectivity index (χ4v) is 1.70. The van der Waals surface area contributed by atoms with Crippen molar-refractivity contribution >= 4 is 87.1 Å². The van der Waals surface area contributed by atoms with Crippen LogP contribution in [0.4, 0.5) is 158 Å². The van der Waals surface area contributed by atoms with Gasteiger partial charge in [0.2, 0.25) is 0 Å². The van der Waals surface area contributed by atoms with Crippen molar-refractivity contribution in [2.45, 2.75) is 74.1 Å². The predicted molar refractivity (Wildman–Crippen MR) is 163 cm³/mol. The van der Waals surface area contributed by atoms with Crippen LogP contribution in [0.1, 0.15) is 0 Å². The first-order chi connectivity index (χ1) is 33.3. The zero-order chi connectivity index (χ0) is 65.2. The number of halogens is 36. The Morgan fingerprint density at radius 2 is 0.237 bits per heavy atom. The van der Waals surface area contributed by atoms with Crippen molar-refractivity contribution in [1.82, 2.24) is 0 Å². The predicted octanol–water partition coefficient (Wildman–Crippen LogP) is 4.78. The van der Waals surface area contributed by atoms with Crippen molar-refractivity contribution < 1.29 is 217 Å². The van der Waals surface area contributed by atoms with Crippen molar-refractivity contribution in [2.75, 3.05) is 0 Å². The Morgan fingerprint density at radius 1 is 0.175 bits per heavy atom. The van der Waals surface area contributed by atoms with E-state index in [1.807, 2.05) is 0 Å². The van der Waals surface area contributed by atoms with Gasteiger partial charge in [0.25, 0.3) is 34.7 Å². The molecule has 0 amide bonds. The van der Waals surface area contributed by atoms with Crippen LogP contribution in [0.15, 0.2) is 71.0 Å². The Morgan fingerprint density at radius 3 is 0.275 bits per heavy atom. The average molecular weight is 1660 g/mol. The summed E-state index contributed by atoms with van der Waals surface area (Å²) in [6.45, 7) is 0. The molecule has 50 heteroatoms. The molecule has 460 valence electrons. The van der Waals surface area contributed by atoms with Gasteiger partial charge in [0.1, 0.15) is 0 Å². The van der Waals surface area contributed by atoms with Crippen LogP contribution in [0.25, 0.3) is 0 Å². The van der Waals surface area contributed by atoms with Crippen LogP contribution in [-0.2, 0) is 28.8 Å². The van der Waals surface area contributed by atoms with Gasteiger partial charge in [0.05, 0.1) is 0 Å². The molecule has 0 aliphatic rings. The van der Waals surface area contributed by atoms with Crippen LogP contribution in [0.2, 0.25) is 0 Å². The molecule has 0 aliphatic carbocycles. The summed E-state index contributed by atoms with van der Waals surface area (Å²) < 4.78 is 407. The van der Waals surface area contributed by atoms with Gasteiger partial charge in [-0.1, -0.05) is 0 Å². The monoisotopic (exact) mass is 1660 g/mol. The maximum atomic E-state index is 11.3. The molecule has 0 aromatic carbocycles. The van der Waals surface area contributed by atoms with Crippen LogP contribution in [0.5, 0.6) is 0 Å². The van der Waals surface area contributed by atoms with E-state index in [0.29, 0.717) is 0 Å². The first kappa shape index (κ1) is 91.0. The number of rotatable bonds is 6. The second kappa shape index (κ2) is 32.8. The summed E-state index contributed by atoms with van der Waals surface area (Å²) >= 11 is 0. The maximum absolute atomic E-state index is 11.3. The molecule has 80 heavy (non-hydrogen) atoms. The summed E-state index contributed by atoms with van der Waals surface area (Å²) in [4.78, 5) is 58.9. The van der Waals surface area contributed by atoms with Crippen molar-refractivity contribution in [3.8, 4) is 0 Å². The zero-order valence-corrected chi connectivity index (χ0v) is 41.8. The number of alkyl halides is 36. The molecule has 0 spiro atoms. The smallest absolute Gasteiger partial charge is 0.869 e. The first-order valence-corrected chi connectivity index (χ1v) is 15.7. The van der Waals surface area contributed by atoms with Crippen LogP contribution in [-0.4, -0.2) is 161 Å². The molecule has 0 saturated heterocycles. The molecule has 0 aliphatic heterocycles. The fourth-order valence-electron chi connectivity index (χ4n) is 1.70. The van der Waals surface area contributed by atoms with Gasteiger partial charge >= 0.3 is 127 Å². The second-order valence-corrected chi connectivity index (χ2v) is 11.2. The van der Waals surface area contributed by atoms with Gasteiger partial charge in [-0.2, -0.15) is 158 Å². The Balaban J connectivity index is -0.000000129. The van der Waals surface area contributed by atoms with Crippen LogP contribution < -0.4 is 30.6 Å². The van der Waals surface area contributed by atoms with E-state index in [9.17, 15) is 217 Å². The third-order valence-electron chi connectivity index (χ3n) is 4.93. The molecule has 12 nitrogen and oxygen atoms in total. The van der Waals surface area contributed by atoms with Crippen LogP contribution >= 0.6 is 0 Å². The van der Waals surface area contributed by atoms with E-state index in [0.717, 1.165) is 0 Å². The van der Waals surface area contributed by atoms with Gasteiger partial charge in [0, 0.05) is 0 Å². The minimum Gasteiger partial charge on any atom is -0.869 e. The maximum Gasteiger partial charge on any atom is 3.00 e. The molecule has 0 fully saturated rings. The summed E-state index contributed by atoms with van der Waals surface area (Å²) in [5.74, 6) is -33.9. The summed E-state index contributed by atoms with van der Waals surface area (Å²) in [7, 11) is 0. The average Bonchev–Trinajstić information content (AvgIpc) is 3.14. The second-order valence-electron chi connectivity index (χ2n) is 11.2. The number of allylic oxidation sites excluding steroid dienone is 12. The quantitative estimate of drug-likeness (QED) is 0.151. The minimum absolute atomic E-state index is 0. The number of carbonyl (C=O) groups is 6. The SMILES string of the molecule is O=C(/C=C(\[O-])C(F)(F)F)C(F)(F)F.O=C(/C=C(\[O-])C(F)(F)F)C(F)(F)F.O=C(/C=C(\[O-])C(F)(F)F)C(F)(F)F.O=C(/C=C(\[O-])C(F)(F)F)C(F)(F)F.O=C(/C=C(\[O-])C(F)(F)F)C(F)(F)F.O=C(/C=C(\[O-])C(F)(F)F)C(F)(F)F.[Bi+3].[Bi+3]. The number of carbonyl (C=O) groups excluding carboxylic acids is 6. The fraction of sp³-hybridized carbons (Fsp3) is 0.400. The van der Waals surface area contributed by atoms with E-state index in [1.165, 1.54) is 0 Å². The number of ketones is 6. The zero-order valence-electron chi connectivity index (χ0n) is 34.9. The van der Waals surface area contributed by atoms with Gasteiger partial charge in [-0.15, -0.1) is 0 Å². The standard InChI is InChI=1S/6C5H2F6O2.2Bi/c6*6-4(7,8)2(12)1-3(13)5(9,10)11;;/h6*1,12H;;/q;;;;;;2*+3/p-6/b6*2-1-;;. The van der Waals surface area contributed by atoms with Gasteiger partial charge in [-0.25, -0.2) is 0 Å². The minimum atomic E-state index is -5.46.